The molecule has 1 aliphatic carbocycles. The zero-order valence-electron chi connectivity index (χ0n) is 11.4. The Hall–Kier alpha value is -1.63. The number of hydrogen-bond donors (Lipinski definition) is 0. The first kappa shape index (κ1) is 14.4. The Labute approximate surface area is 110 Å². The molecule has 0 aromatic carbocycles. The highest BCUT2D eigenvalue weighted by molar-refractivity contribution is 5.96. The monoisotopic (exact) mass is 242 g/mol. The molecule has 0 amide bonds. The standard InChI is InChI=1S/C17H22O/c1-4-9-16(14(3)18)12-8-13-17-11-7-6-10-15(17)5-2/h4,7-9,11-12H,1,5-6,10,13H2,2-3H3/b12-8-,16-9+. The van der Waals surface area contributed by atoms with Gasteiger partial charge in [0.25, 0.3) is 0 Å². The molecule has 0 aromatic rings. The lowest BCUT2D eigenvalue weighted by molar-refractivity contribution is -0.113. The summed E-state index contributed by atoms with van der Waals surface area (Å²) in [5.41, 5.74) is 3.66. The Balaban J connectivity index is 2.72. The molecule has 96 valence electrons. The van der Waals surface area contributed by atoms with Gasteiger partial charge in [0.05, 0.1) is 0 Å². The number of rotatable bonds is 6. The van der Waals surface area contributed by atoms with E-state index < -0.39 is 0 Å². The average Bonchev–Trinajstić information content (AvgIpc) is 2.38. The van der Waals surface area contributed by atoms with Crippen molar-refractivity contribution in [2.75, 3.05) is 0 Å². The second kappa shape index (κ2) is 7.65. The van der Waals surface area contributed by atoms with E-state index in [1.807, 2.05) is 6.08 Å². The quantitative estimate of drug-likeness (QED) is 0.488. The summed E-state index contributed by atoms with van der Waals surface area (Å²) in [5.74, 6) is 0.0787. The Morgan fingerprint density at radius 3 is 2.89 bits per heavy atom. The van der Waals surface area contributed by atoms with Gasteiger partial charge in [-0.2, -0.15) is 0 Å². The molecule has 0 saturated heterocycles. The Bertz CT molecular complexity index is 431. The number of Topliss-reactive ketones (excluding diaryl/α,β-unsaturated/α-hetero) is 1. The van der Waals surface area contributed by atoms with Gasteiger partial charge >= 0.3 is 0 Å². The molecule has 18 heavy (non-hydrogen) atoms. The van der Waals surface area contributed by atoms with Crippen LogP contribution in [0.5, 0.6) is 0 Å². The van der Waals surface area contributed by atoms with Gasteiger partial charge in [0.15, 0.2) is 5.78 Å². The minimum Gasteiger partial charge on any atom is -0.295 e. The highest BCUT2D eigenvalue weighted by Gasteiger charge is 2.05. The van der Waals surface area contributed by atoms with Crippen molar-refractivity contribution >= 4 is 5.78 Å². The summed E-state index contributed by atoms with van der Waals surface area (Å²) in [6, 6.07) is 0. The number of carbonyl (C=O) groups is 1. The van der Waals surface area contributed by atoms with E-state index in [2.05, 4.69) is 31.7 Å². The Morgan fingerprint density at radius 2 is 2.28 bits per heavy atom. The van der Waals surface area contributed by atoms with Crippen LogP contribution in [0.15, 0.2) is 59.8 Å². The molecular weight excluding hydrogens is 220 g/mol. The maximum absolute atomic E-state index is 11.3. The largest absolute Gasteiger partial charge is 0.295 e. The summed E-state index contributed by atoms with van der Waals surface area (Å²) in [7, 11) is 0. The predicted molar refractivity (Wildman–Crippen MR) is 78.4 cm³/mol. The fraction of sp³-hybridized carbons (Fsp3) is 0.353. The summed E-state index contributed by atoms with van der Waals surface area (Å²) >= 11 is 0. The highest BCUT2D eigenvalue weighted by atomic mass is 16.1. The van der Waals surface area contributed by atoms with Crippen molar-refractivity contribution in [1.82, 2.24) is 0 Å². The van der Waals surface area contributed by atoms with Crippen LogP contribution in [-0.2, 0) is 4.79 Å². The normalized spacial score (nSPS) is 16.4. The number of carbonyl (C=O) groups excluding carboxylic acids is 1. The smallest absolute Gasteiger partial charge is 0.159 e. The first-order valence-electron chi connectivity index (χ1n) is 6.56. The summed E-state index contributed by atoms with van der Waals surface area (Å²) in [6.07, 6.45) is 16.2. The fourth-order valence-electron chi connectivity index (χ4n) is 2.11. The zero-order chi connectivity index (χ0) is 13.4. The molecule has 0 fully saturated rings. The van der Waals surface area contributed by atoms with E-state index in [0.29, 0.717) is 5.57 Å². The van der Waals surface area contributed by atoms with Crippen molar-refractivity contribution in [2.24, 2.45) is 0 Å². The molecule has 0 unspecified atom stereocenters. The molecule has 1 heteroatoms. The molecule has 0 heterocycles. The first-order valence-corrected chi connectivity index (χ1v) is 6.56. The van der Waals surface area contributed by atoms with Crippen molar-refractivity contribution in [1.29, 1.82) is 0 Å². The molecule has 0 atom stereocenters. The molecule has 0 aliphatic heterocycles. The van der Waals surface area contributed by atoms with Crippen LogP contribution >= 0.6 is 0 Å². The molecule has 0 bridgehead atoms. The molecule has 0 aromatic heterocycles. The second-order valence-electron chi connectivity index (χ2n) is 4.44. The van der Waals surface area contributed by atoms with Crippen LogP contribution in [0.4, 0.5) is 0 Å². The van der Waals surface area contributed by atoms with Crippen molar-refractivity contribution < 1.29 is 4.79 Å². The van der Waals surface area contributed by atoms with Gasteiger partial charge < -0.3 is 0 Å². The lowest BCUT2D eigenvalue weighted by atomic mass is 9.93. The van der Waals surface area contributed by atoms with Crippen LogP contribution in [0, 0.1) is 0 Å². The van der Waals surface area contributed by atoms with Crippen LogP contribution in [0.1, 0.15) is 39.5 Å². The lowest BCUT2D eigenvalue weighted by Gasteiger charge is -2.13. The van der Waals surface area contributed by atoms with Gasteiger partial charge in [-0.1, -0.05) is 55.5 Å². The number of hydrogen-bond acceptors (Lipinski definition) is 1. The van der Waals surface area contributed by atoms with Crippen LogP contribution < -0.4 is 0 Å². The first-order chi connectivity index (χ1) is 8.69. The molecule has 1 nitrogen and oxygen atoms in total. The van der Waals surface area contributed by atoms with E-state index in [0.717, 1.165) is 19.3 Å². The van der Waals surface area contributed by atoms with Gasteiger partial charge in [0.1, 0.15) is 0 Å². The van der Waals surface area contributed by atoms with Crippen LogP contribution in [0.3, 0.4) is 0 Å². The van der Waals surface area contributed by atoms with Crippen LogP contribution in [-0.4, -0.2) is 5.78 Å². The van der Waals surface area contributed by atoms with Crippen LogP contribution in [0.2, 0.25) is 0 Å². The second-order valence-corrected chi connectivity index (χ2v) is 4.44. The summed E-state index contributed by atoms with van der Waals surface area (Å²) < 4.78 is 0. The van der Waals surface area contributed by atoms with E-state index in [-0.39, 0.29) is 5.78 Å². The number of ketones is 1. The van der Waals surface area contributed by atoms with Gasteiger partial charge in [0, 0.05) is 5.57 Å². The topological polar surface area (TPSA) is 17.1 Å². The molecule has 1 rings (SSSR count). The third-order valence-electron chi connectivity index (χ3n) is 3.15. The molecule has 0 radical (unpaired) electrons. The Morgan fingerprint density at radius 1 is 1.50 bits per heavy atom. The average molecular weight is 242 g/mol. The predicted octanol–water partition coefficient (Wildman–Crippen LogP) is 4.69. The third kappa shape index (κ3) is 4.33. The van der Waals surface area contributed by atoms with Crippen molar-refractivity contribution in [2.45, 2.75) is 39.5 Å². The maximum atomic E-state index is 11.3. The molecule has 0 spiro atoms. The van der Waals surface area contributed by atoms with Crippen molar-refractivity contribution in [3.8, 4) is 0 Å². The van der Waals surface area contributed by atoms with Crippen LogP contribution in [0.25, 0.3) is 0 Å². The Kier molecular flexibility index (Phi) is 6.13. The zero-order valence-corrected chi connectivity index (χ0v) is 11.4. The van der Waals surface area contributed by atoms with E-state index in [4.69, 9.17) is 0 Å². The summed E-state index contributed by atoms with van der Waals surface area (Å²) in [5, 5.41) is 0. The SMILES string of the molecule is C=C/C=C(\C=C/CC1=C(CC)CCC=C1)C(C)=O. The maximum Gasteiger partial charge on any atom is 0.159 e. The fourth-order valence-corrected chi connectivity index (χ4v) is 2.11. The van der Waals surface area contributed by atoms with Crippen molar-refractivity contribution in [3.63, 3.8) is 0 Å². The highest BCUT2D eigenvalue weighted by Crippen LogP contribution is 2.24. The van der Waals surface area contributed by atoms with E-state index in [1.54, 1.807) is 24.6 Å². The van der Waals surface area contributed by atoms with E-state index in [1.165, 1.54) is 12.0 Å². The molecular formula is C17H22O. The minimum absolute atomic E-state index is 0.0787. The van der Waals surface area contributed by atoms with Gasteiger partial charge in [-0.25, -0.2) is 0 Å². The summed E-state index contributed by atoms with van der Waals surface area (Å²) in [6.45, 7) is 7.41. The molecule has 0 saturated carbocycles. The third-order valence-corrected chi connectivity index (χ3v) is 3.15. The van der Waals surface area contributed by atoms with Gasteiger partial charge in [-0.3, -0.25) is 4.79 Å². The lowest BCUT2D eigenvalue weighted by Crippen LogP contribution is -1.95. The van der Waals surface area contributed by atoms with Crippen molar-refractivity contribution in [3.05, 3.63) is 59.8 Å². The van der Waals surface area contributed by atoms with Gasteiger partial charge in [-0.05, 0) is 38.2 Å². The van der Waals surface area contributed by atoms with Gasteiger partial charge in [0.2, 0.25) is 0 Å². The summed E-state index contributed by atoms with van der Waals surface area (Å²) in [4.78, 5) is 11.3. The minimum atomic E-state index is 0.0787. The van der Waals surface area contributed by atoms with E-state index >= 15 is 0 Å². The van der Waals surface area contributed by atoms with Gasteiger partial charge in [-0.15, -0.1) is 0 Å². The number of allylic oxidation sites excluding steroid dienone is 9. The van der Waals surface area contributed by atoms with E-state index in [9.17, 15) is 4.79 Å². The molecule has 0 N–H and O–H groups in total. The molecule has 1 aliphatic rings.